The summed E-state index contributed by atoms with van der Waals surface area (Å²) in [6, 6.07) is 20.9. The minimum Gasteiger partial charge on any atom is -0.392 e. The molecule has 1 aliphatic rings. The highest BCUT2D eigenvalue weighted by Gasteiger charge is 2.22. The van der Waals surface area contributed by atoms with Crippen LogP contribution in [0.1, 0.15) is 12.0 Å². The van der Waals surface area contributed by atoms with Gasteiger partial charge in [-0.15, -0.1) is 0 Å². The van der Waals surface area contributed by atoms with E-state index in [2.05, 4.69) is 10.00 Å². The number of β-amino-alcohol motifs (C(OH)–C–C–N with tert-alkyl or cyclic N) is 1. The van der Waals surface area contributed by atoms with Crippen molar-refractivity contribution in [2.24, 2.45) is 0 Å². The number of rotatable bonds is 6. The number of aliphatic hydroxyl groups is 1. The number of hydrogen-bond donors (Lipinski definition) is 1. The van der Waals surface area contributed by atoms with Gasteiger partial charge in [-0.2, -0.15) is 5.10 Å². The lowest BCUT2D eigenvalue weighted by Crippen LogP contribution is -2.24. The lowest BCUT2D eigenvalue weighted by Gasteiger charge is -2.16. The first-order valence-corrected chi connectivity index (χ1v) is 11.2. The highest BCUT2D eigenvalue weighted by Crippen LogP contribution is 2.30. The van der Waals surface area contributed by atoms with Gasteiger partial charge in [0.1, 0.15) is 11.6 Å². The summed E-state index contributed by atoms with van der Waals surface area (Å²) in [5, 5.41) is 14.4. The summed E-state index contributed by atoms with van der Waals surface area (Å²) < 4.78 is 29.9. The first kappa shape index (κ1) is 21.5. The van der Waals surface area contributed by atoms with Crippen LogP contribution >= 0.6 is 0 Å². The maximum Gasteiger partial charge on any atom is 0.132 e. The van der Waals surface area contributed by atoms with Crippen LogP contribution in [0.25, 0.3) is 28.1 Å². The van der Waals surface area contributed by atoms with Crippen molar-refractivity contribution in [2.45, 2.75) is 18.9 Å². The Morgan fingerprint density at radius 1 is 0.909 bits per heavy atom. The van der Waals surface area contributed by atoms with Crippen molar-refractivity contribution >= 4 is 0 Å². The average Bonchev–Trinajstić information content (AvgIpc) is 3.44. The number of aliphatic hydroxyl groups excluding tert-OH is 1. The average molecular weight is 446 g/mol. The highest BCUT2D eigenvalue weighted by atomic mass is 19.1. The maximum atomic E-state index is 14.8. The first-order valence-electron chi connectivity index (χ1n) is 11.2. The van der Waals surface area contributed by atoms with Crippen molar-refractivity contribution < 1.29 is 13.9 Å². The van der Waals surface area contributed by atoms with Crippen molar-refractivity contribution in [3.8, 4) is 28.1 Å². The summed E-state index contributed by atoms with van der Waals surface area (Å²) in [4.78, 5) is 2.23. The number of hydrogen-bond acceptors (Lipinski definition) is 3. The summed E-state index contributed by atoms with van der Waals surface area (Å²) in [5.74, 6) is -0.558. The lowest BCUT2D eigenvalue weighted by molar-refractivity contribution is 0.177. The molecule has 0 radical (unpaired) electrons. The molecule has 6 heteroatoms. The number of likely N-dealkylation sites (tertiary alicyclic amines) is 1. The van der Waals surface area contributed by atoms with Gasteiger partial charge in [-0.3, -0.25) is 0 Å². The van der Waals surface area contributed by atoms with Crippen molar-refractivity contribution in [1.82, 2.24) is 14.7 Å². The molecule has 4 aromatic rings. The van der Waals surface area contributed by atoms with Gasteiger partial charge in [-0.1, -0.05) is 36.4 Å². The zero-order valence-corrected chi connectivity index (χ0v) is 18.2. The van der Waals surface area contributed by atoms with Crippen molar-refractivity contribution in [3.63, 3.8) is 0 Å². The summed E-state index contributed by atoms with van der Waals surface area (Å²) in [6.45, 7) is 2.33. The molecule has 1 aliphatic heterocycles. The smallest absolute Gasteiger partial charge is 0.132 e. The fourth-order valence-corrected chi connectivity index (χ4v) is 4.43. The fraction of sp³-hybridized carbons (Fsp3) is 0.222. The molecule has 1 fully saturated rings. The quantitative estimate of drug-likeness (QED) is 0.449. The van der Waals surface area contributed by atoms with Crippen molar-refractivity contribution in [2.75, 3.05) is 19.6 Å². The van der Waals surface area contributed by atoms with E-state index in [1.165, 1.54) is 18.2 Å². The molecule has 0 spiro atoms. The van der Waals surface area contributed by atoms with Gasteiger partial charge in [0, 0.05) is 25.2 Å². The van der Waals surface area contributed by atoms with Crippen LogP contribution in [0, 0.1) is 11.6 Å². The monoisotopic (exact) mass is 445 g/mol. The molecule has 1 unspecified atom stereocenters. The topological polar surface area (TPSA) is 41.3 Å². The summed E-state index contributed by atoms with van der Waals surface area (Å²) in [5.41, 5.74) is 4.92. The third-order valence-corrected chi connectivity index (χ3v) is 6.21. The summed E-state index contributed by atoms with van der Waals surface area (Å²) in [7, 11) is 0. The predicted molar refractivity (Wildman–Crippen MR) is 125 cm³/mol. The van der Waals surface area contributed by atoms with Crippen LogP contribution in [0.15, 0.2) is 79.0 Å². The predicted octanol–water partition coefficient (Wildman–Crippen LogP) is 5.09. The largest absolute Gasteiger partial charge is 0.392 e. The van der Waals surface area contributed by atoms with Gasteiger partial charge in [-0.25, -0.2) is 13.5 Å². The Kier molecular flexibility index (Phi) is 6.03. The Hall–Kier alpha value is -3.35. The Morgan fingerprint density at radius 3 is 2.27 bits per heavy atom. The van der Waals surface area contributed by atoms with Crippen LogP contribution in [-0.2, 0) is 6.42 Å². The molecule has 0 saturated carbocycles. The van der Waals surface area contributed by atoms with Gasteiger partial charge in [0.15, 0.2) is 0 Å². The summed E-state index contributed by atoms with van der Waals surface area (Å²) >= 11 is 0. The first-order chi connectivity index (χ1) is 16.1. The van der Waals surface area contributed by atoms with Gasteiger partial charge in [0.25, 0.3) is 0 Å². The maximum absolute atomic E-state index is 14.8. The molecule has 1 N–H and O–H groups in total. The number of aromatic nitrogens is 2. The fourth-order valence-electron chi connectivity index (χ4n) is 4.43. The van der Waals surface area contributed by atoms with E-state index >= 15 is 0 Å². The van der Waals surface area contributed by atoms with Crippen LogP contribution in [0.3, 0.4) is 0 Å². The molecule has 1 aromatic heterocycles. The highest BCUT2D eigenvalue weighted by molar-refractivity contribution is 5.68. The second-order valence-electron chi connectivity index (χ2n) is 8.46. The van der Waals surface area contributed by atoms with Gasteiger partial charge in [-0.05, 0) is 65.9 Å². The molecule has 0 aliphatic carbocycles. The van der Waals surface area contributed by atoms with Gasteiger partial charge < -0.3 is 10.0 Å². The Labute approximate surface area is 191 Å². The van der Waals surface area contributed by atoms with Crippen LogP contribution in [0.4, 0.5) is 8.78 Å². The van der Waals surface area contributed by atoms with E-state index in [1.54, 1.807) is 28.9 Å². The zero-order valence-electron chi connectivity index (χ0n) is 18.2. The summed E-state index contributed by atoms with van der Waals surface area (Å²) in [6.07, 6.45) is 3.05. The Balaban J connectivity index is 1.48. The van der Waals surface area contributed by atoms with Crippen LogP contribution < -0.4 is 0 Å². The molecule has 168 valence electrons. The molecule has 1 saturated heterocycles. The zero-order chi connectivity index (χ0) is 22.8. The van der Waals surface area contributed by atoms with Crippen molar-refractivity contribution in [1.29, 1.82) is 0 Å². The van der Waals surface area contributed by atoms with E-state index in [9.17, 15) is 13.9 Å². The van der Waals surface area contributed by atoms with Crippen LogP contribution in [-0.4, -0.2) is 45.5 Å². The Morgan fingerprint density at radius 2 is 1.61 bits per heavy atom. The van der Waals surface area contributed by atoms with E-state index in [0.29, 0.717) is 18.5 Å². The van der Waals surface area contributed by atoms with Crippen molar-refractivity contribution in [3.05, 3.63) is 96.2 Å². The SMILES string of the molecule is OC1CCN(CCc2cnn(-c3ccc(-c4ccc(F)cc4)cc3)c2-c2ccccc2F)C1. The molecule has 3 aromatic carbocycles. The molecule has 33 heavy (non-hydrogen) atoms. The second kappa shape index (κ2) is 9.25. The number of nitrogens with zero attached hydrogens (tertiary/aromatic N) is 3. The third-order valence-electron chi connectivity index (χ3n) is 6.21. The second-order valence-corrected chi connectivity index (χ2v) is 8.46. The van der Waals surface area contributed by atoms with E-state index in [0.717, 1.165) is 47.6 Å². The molecule has 2 heterocycles. The standard InChI is InChI=1S/C27H25F2N3O/c28-22-9-5-19(6-10-22)20-7-11-23(12-8-20)32-27(25-3-1-2-4-26(25)29)21(17-30-32)13-15-31-16-14-24(33)18-31/h1-12,17,24,33H,13-16,18H2. The molecule has 1 atom stereocenters. The molecular weight excluding hydrogens is 420 g/mol. The number of benzene rings is 3. The van der Waals surface area contributed by atoms with Crippen LogP contribution in [0.5, 0.6) is 0 Å². The minimum absolute atomic E-state index is 0.265. The van der Waals surface area contributed by atoms with E-state index < -0.39 is 0 Å². The molecule has 4 nitrogen and oxygen atoms in total. The van der Waals surface area contributed by atoms with Crippen LogP contribution in [0.2, 0.25) is 0 Å². The number of halogens is 2. The minimum atomic E-state index is -0.292. The van der Waals surface area contributed by atoms with Gasteiger partial charge >= 0.3 is 0 Å². The molecule has 0 amide bonds. The molecule has 5 rings (SSSR count). The van der Waals surface area contributed by atoms with E-state index in [1.807, 2.05) is 36.5 Å². The van der Waals surface area contributed by atoms with E-state index in [-0.39, 0.29) is 17.7 Å². The molecular formula is C27H25F2N3O. The normalized spacial score (nSPS) is 16.4. The Bertz CT molecular complexity index is 1240. The lowest BCUT2D eigenvalue weighted by atomic mass is 10.0. The van der Waals surface area contributed by atoms with E-state index in [4.69, 9.17) is 0 Å². The third kappa shape index (κ3) is 4.58. The van der Waals surface area contributed by atoms with Gasteiger partial charge in [0.2, 0.25) is 0 Å². The van der Waals surface area contributed by atoms with Gasteiger partial charge in [0.05, 0.1) is 23.7 Å². The molecule has 0 bridgehead atoms.